The molecule has 0 saturated carbocycles. The maximum absolute atomic E-state index is 5.23. The molecule has 0 amide bonds. The molecule has 8 aromatic carbocycles. The van der Waals surface area contributed by atoms with E-state index >= 15 is 0 Å². The van der Waals surface area contributed by atoms with Crippen molar-refractivity contribution in [3.8, 4) is 56.1 Å². The molecule has 0 bridgehead atoms. The average molecular weight is 730 g/mol. The molecule has 0 atom stereocenters. The van der Waals surface area contributed by atoms with Crippen molar-refractivity contribution in [1.82, 2.24) is 14.1 Å². The van der Waals surface area contributed by atoms with Gasteiger partial charge in [0.05, 0.1) is 39.1 Å². The van der Waals surface area contributed by atoms with Crippen molar-refractivity contribution >= 4 is 43.6 Å². The van der Waals surface area contributed by atoms with E-state index in [-0.39, 0.29) is 7.43 Å². The number of benzene rings is 8. The van der Waals surface area contributed by atoms with E-state index in [9.17, 15) is 0 Å². The molecular weight excluding hydrogens is 691 g/mol. The van der Waals surface area contributed by atoms with Gasteiger partial charge in [0.15, 0.2) is 0 Å². The van der Waals surface area contributed by atoms with Gasteiger partial charge in [-0.15, -0.1) is 0 Å². The van der Waals surface area contributed by atoms with Crippen LogP contribution in [0.3, 0.4) is 0 Å². The Morgan fingerprint density at radius 3 is 1.21 bits per heavy atom. The van der Waals surface area contributed by atoms with Gasteiger partial charge >= 0.3 is 0 Å². The molecule has 0 spiro atoms. The lowest BCUT2D eigenvalue weighted by Crippen LogP contribution is -2.01. The molecule has 0 saturated heterocycles. The van der Waals surface area contributed by atoms with Crippen molar-refractivity contribution in [2.75, 3.05) is 0 Å². The Hall–Kier alpha value is -7.49. The van der Waals surface area contributed by atoms with Gasteiger partial charge in [-0.2, -0.15) is 0 Å². The fourth-order valence-corrected chi connectivity index (χ4v) is 8.53. The summed E-state index contributed by atoms with van der Waals surface area (Å²) in [4.78, 5) is 5.23. The fourth-order valence-electron chi connectivity index (χ4n) is 8.53. The highest BCUT2D eigenvalue weighted by molar-refractivity contribution is 6.11. The van der Waals surface area contributed by atoms with E-state index in [1.54, 1.807) is 0 Å². The first-order valence-corrected chi connectivity index (χ1v) is 19.1. The van der Waals surface area contributed by atoms with E-state index < -0.39 is 0 Å². The van der Waals surface area contributed by atoms with E-state index in [1.165, 1.54) is 49.2 Å². The molecule has 0 fully saturated rings. The molecule has 0 unspecified atom stereocenters. The Morgan fingerprint density at radius 2 is 0.702 bits per heavy atom. The Balaban J connectivity index is 0.00000396. The highest BCUT2D eigenvalue weighted by Crippen LogP contribution is 2.40. The summed E-state index contributed by atoms with van der Waals surface area (Å²) in [6, 6.07) is 76.3. The zero-order valence-electron chi connectivity index (χ0n) is 30.5. The number of aromatic nitrogens is 3. The van der Waals surface area contributed by atoms with Crippen LogP contribution >= 0.6 is 0 Å². The van der Waals surface area contributed by atoms with Crippen LogP contribution in [0.2, 0.25) is 0 Å². The van der Waals surface area contributed by atoms with Crippen LogP contribution in [0.4, 0.5) is 0 Å². The lowest BCUT2D eigenvalue weighted by atomic mass is 9.97. The van der Waals surface area contributed by atoms with Crippen LogP contribution in [-0.2, 0) is 0 Å². The van der Waals surface area contributed by atoms with Gasteiger partial charge in [-0.25, -0.2) is 4.98 Å². The van der Waals surface area contributed by atoms with Crippen LogP contribution in [0.25, 0.3) is 99.8 Å². The van der Waals surface area contributed by atoms with E-state index in [1.807, 2.05) is 6.07 Å². The van der Waals surface area contributed by atoms with E-state index in [0.29, 0.717) is 0 Å². The van der Waals surface area contributed by atoms with Crippen LogP contribution in [0, 0.1) is 0 Å². The molecule has 0 aliphatic heterocycles. The summed E-state index contributed by atoms with van der Waals surface area (Å²) < 4.78 is 4.84. The summed E-state index contributed by atoms with van der Waals surface area (Å²) in [7, 11) is 0. The highest BCUT2D eigenvalue weighted by Gasteiger charge is 2.19. The molecule has 57 heavy (non-hydrogen) atoms. The van der Waals surface area contributed by atoms with Gasteiger partial charge in [-0.3, -0.25) is 0 Å². The minimum Gasteiger partial charge on any atom is -0.309 e. The molecule has 0 radical (unpaired) electrons. The van der Waals surface area contributed by atoms with Crippen molar-refractivity contribution in [3.05, 3.63) is 212 Å². The Bertz CT molecular complexity index is 3060. The molecule has 3 nitrogen and oxygen atoms in total. The first-order chi connectivity index (χ1) is 27.8. The summed E-state index contributed by atoms with van der Waals surface area (Å²) in [5.74, 6) is 0. The topological polar surface area (TPSA) is 22.8 Å². The second-order valence-corrected chi connectivity index (χ2v) is 14.4. The van der Waals surface area contributed by atoms with Crippen molar-refractivity contribution in [2.24, 2.45) is 0 Å². The van der Waals surface area contributed by atoms with Crippen molar-refractivity contribution < 1.29 is 0 Å². The van der Waals surface area contributed by atoms with E-state index in [0.717, 1.165) is 50.6 Å². The van der Waals surface area contributed by atoms with Gasteiger partial charge in [0.25, 0.3) is 0 Å². The number of para-hydroxylation sites is 4. The molecule has 0 aliphatic rings. The second kappa shape index (κ2) is 14.0. The van der Waals surface area contributed by atoms with Gasteiger partial charge < -0.3 is 9.13 Å². The van der Waals surface area contributed by atoms with Crippen LogP contribution in [0.5, 0.6) is 0 Å². The monoisotopic (exact) mass is 729 g/mol. The molecule has 0 aliphatic carbocycles. The minimum absolute atomic E-state index is 0. The number of pyridine rings is 1. The maximum atomic E-state index is 5.23. The summed E-state index contributed by atoms with van der Waals surface area (Å²) in [5, 5.41) is 4.99. The largest absolute Gasteiger partial charge is 0.309 e. The number of hydrogen-bond acceptors (Lipinski definition) is 1. The summed E-state index contributed by atoms with van der Waals surface area (Å²) in [6.07, 6.45) is 0. The van der Waals surface area contributed by atoms with Crippen molar-refractivity contribution in [3.63, 3.8) is 0 Å². The summed E-state index contributed by atoms with van der Waals surface area (Å²) in [6.45, 7) is 0. The molecule has 11 aromatic rings. The second-order valence-electron chi connectivity index (χ2n) is 14.4. The number of nitrogens with zero attached hydrogens (tertiary/aromatic N) is 3. The molecule has 3 heteroatoms. The normalized spacial score (nSPS) is 11.4. The molecule has 0 N–H and O–H groups in total. The van der Waals surface area contributed by atoms with E-state index in [2.05, 4.69) is 215 Å². The Kier molecular flexibility index (Phi) is 8.35. The maximum Gasteiger partial charge on any atom is 0.0715 e. The molecule has 3 heterocycles. The SMILES string of the molecule is C.c1ccc(-c2cc(-c3ccccc3)nc(-c3ccc(-c4cc(-n5c6ccccc6c6ccccc65)ccc4-n4c5ccccc5c5ccccc54)cc3)c2)cc1. The lowest BCUT2D eigenvalue weighted by Gasteiger charge is -2.18. The Morgan fingerprint density at radius 1 is 0.298 bits per heavy atom. The fraction of sp³-hybridized carbons (Fsp3) is 0.0185. The molecule has 11 rings (SSSR count). The minimum atomic E-state index is 0. The Labute approximate surface area is 332 Å². The third-order valence-electron chi connectivity index (χ3n) is 11.1. The average Bonchev–Trinajstić information content (AvgIpc) is 3.80. The standard InChI is InChI=1S/C53H35N3.CH4/c1-3-15-36(16-4-1)40-33-47(38-17-5-2-6-18-38)54-48(34-40)39-29-27-37(28-30-39)46-35-41(55-49-23-11-7-19-42(49)43-20-8-12-24-50(43)55)31-32-53(46)56-51-25-13-9-21-44(51)45-22-10-14-26-52(45)56;/h1-35H;1H4. The first-order valence-electron chi connectivity index (χ1n) is 19.1. The predicted molar refractivity (Wildman–Crippen MR) is 241 cm³/mol. The number of fused-ring (bicyclic) bond motifs is 6. The van der Waals surface area contributed by atoms with Crippen LogP contribution in [-0.4, -0.2) is 14.1 Å². The van der Waals surface area contributed by atoms with Crippen LogP contribution in [0.1, 0.15) is 7.43 Å². The number of hydrogen-bond donors (Lipinski definition) is 0. The lowest BCUT2D eigenvalue weighted by molar-refractivity contribution is 1.15. The molecular formula is C54H39N3. The third-order valence-corrected chi connectivity index (χ3v) is 11.1. The predicted octanol–water partition coefficient (Wildman–Crippen LogP) is 14.6. The summed E-state index contributed by atoms with van der Waals surface area (Å²) in [5.41, 5.74) is 15.7. The molecule has 3 aromatic heterocycles. The third kappa shape index (κ3) is 5.71. The molecule has 270 valence electrons. The quantitative estimate of drug-likeness (QED) is 0.167. The van der Waals surface area contributed by atoms with Crippen molar-refractivity contribution in [2.45, 2.75) is 7.43 Å². The smallest absolute Gasteiger partial charge is 0.0715 e. The van der Waals surface area contributed by atoms with Crippen molar-refractivity contribution in [1.29, 1.82) is 0 Å². The zero-order valence-corrected chi connectivity index (χ0v) is 30.5. The van der Waals surface area contributed by atoms with Gasteiger partial charge in [0, 0.05) is 43.9 Å². The van der Waals surface area contributed by atoms with Crippen LogP contribution in [0.15, 0.2) is 212 Å². The van der Waals surface area contributed by atoms with Gasteiger partial charge in [-0.1, -0.05) is 165 Å². The van der Waals surface area contributed by atoms with Crippen LogP contribution < -0.4 is 0 Å². The van der Waals surface area contributed by atoms with Gasteiger partial charge in [-0.05, 0) is 71.3 Å². The highest BCUT2D eigenvalue weighted by atomic mass is 15.0. The number of rotatable bonds is 6. The van der Waals surface area contributed by atoms with Gasteiger partial charge in [0.1, 0.15) is 0 Å². The first kappa shape index (κ1) is 34.0. The summed E-state index contributed by atoms with van der Waals surface area (Å²) >= 11 is 0. The zero-order chi connectivity index (χ0) is 37.0. The van der Waals surface area contributed by atoms with Gasteiger partial charge in [0.2, 0.25) is 0 Å². The van der Waals surface area contributed by atoms with E-state index in [4.69, 9.17) is 4.98 Å².